The zero-order valence-electron chi connectivity index (χ0n) is 12.8. The predicted molar refractivity (Wildman–Crippen MR) is 101 cm³/mol. The summed E-state index contributed by atoms with van der Waals surface area (Å²) in [5, 5.41) is 11.2. The van der Waals surface area contributed by atoms with Crippen molar-refractivity contribution in [2.45, 2.75) is 32.4 Å². The summed E-state index contributed by atoms with van der Waals surface area (Å²) in [6.45, 7) is 3.20. The van der Waals surface area contributed by atoms with E-state index in [0.29, 0.717) is 29.3 Å². The van der Waals surface area contributed by atoms with E-state index in [2.05, 4.69) is 25.8 Å². The highest BCUT2D eigenvalue weighted by molar-refractivity contribution is 14.0. The van der Waals surface area contributed by atoms with Gasteiger partial charge >= 0.3 is 0 Å². The number of hydrogen-bond donors (Lipinski definition) is 2. The molecule has 8 heteroatoms. The minimum absolute atomic E-state index is 0. The molecule has 0 spiro atoms. The van der Waals surface area contributed by atoms with Gasteiger partial charge in [-0.15, -0.1) is 24.0 Å². The maximum Gasteiger partial charge on any atom is 0.248 e. The van der Waals surface area contributed by atoms with Crippen LogP contribution in [0, 0.1) is 0 Å². The van der Waals surface area contributed by atoms with E-state index in [4.69, 9.17) is 16.1 Å². The van der Waals surface area contributed by atoms with Gasteiger partial charge in [-0.3, -0.25) is 0 Å². The van der Waals surface area contributed by atoms with Crippen molar-refractivity contribution >= 4 is 41.5 Å². The van der Waals surface area contributed by atoms with Gasteiger partial charge in [0.25, 0.3) is 0 Å². The van der Waals surface area contributed by atoms with Crippen LogP contribution in [-0.2, 0) is 6.54 Å². The molecule has 1 aromatic heterocycles. The molecule has 0 radical (unpaired) electrons. The highest BCUT2D eigenvalue weighted by Crippen LogP contribution is 2.19. The van der Waals surface area contributed by atoms with Crippen molar-refractivity contribution in [3.05, 3.63) is 35.2 Å². The van der Waals surface area contributed by atoms with Crippen LogP contribution in [0.4, 0.5) is 0 Å². The predicted octanol–water partition coefficient (Wildman–Crippen LogP) is 3.23. The summed E-state index contributed by atoms with van der Waals surface area (Å²) in [7, 11) is 0. The first kappa shape index (κ1) is 18.0. The standard InChI is InChI=1S/C15H18ClN5O.HI/c1-2-17-15(19-12-7-8-12)18-9-13-20-14(21-22-13)10-3-5-11(16)6-4-10;/h3-6,12H,2,7-9H2,1H3,(H2,17,18,19);1H. The molecule has 124 valence electrons. The average molecular weight is 448 g/mol. The summed E-state index contributed by atoms with van der Waals surface area (Å²) >= 11 is 5.87. The maximum absolute atomic E-state index is 5.87. The molecule has 1 aliphatic rings. The van der Waals surface area contributed by atoms with Crippen LogP contribution in [0.15, 0.2) is 33.8 Å². The summed E-state index contributed by atoms with van der Waals surface area (Å²) in [4.78, 5) is 8.82. The van der Waals surface area contributed by atoms with Crippen molar-refractivity contribution < 1.29 is 4.52 Å². The molecule has 3 rings (SSSR count). The number of halogens is 2. The molecule has 0 unspecified atom stereocenters. The van der Waals surface area contributed by atoms with E-state index in [1.54, 1.807) is 12.1 Å². The normalized spacial score (nSPS) is 14.3. The highest BCUT2D eigenvalue weighted by atomic mass is 127. The van der Waals surface area contributed by atoms with Crippen molar-refractivity contribution in [1.29, 1.82) is 0 Å². The molecule has 1 saturated carbocycles. The second kappa shape index (κ2) is 8.49. The Balaban J connectivity index is 0.00000192. The first-order valence-corrected chi connectivity index (χ1v) is 7.76. The smallest absolute Gasteiger partial charge is 0.248 e. The Bertz CT molecular complexity index is 654. The average Bonchev–Trinajstić information content (AvgIpc) is 3.21. The lowest BCUT2D eigenvalue weighted by Crippen LogP contribution is -2.38. The van der Waals surface area contributed by atoms with Gasteiger partial charge in [0.05, 0.1) is 0 Å². The molecule has 0 aliphatic heterocycles. The van der Waals surface area contributed by atoms with Gasteiger partial charge in [-0.2, -0.15) is 4.98 Å². The molecular formula is C15H19ClIN5O. The van der Waals surface area contributed by atoms with Crippen LogP contribution in [0.25, 0.3) is 11.4 Å². The fraction of sp³-hybridized carbons (Fsp3) is 0.400. The molecular weight excluding hydrogens is 429 g/mol. The van der Waals surface area contributed by atoms with Crippen molar-refractivity contribution in [1.82, 2.24) is 20.8 Å². The number of nitrogens with one attached hydrogen (secondary N) is 2. The van der Waals surface area contributed by atoms with E-state index in [-0.39, 0.29) is 24.0 Å². The van der Waals surface area contributed by atoms with Gasteiger partial charge in [0, 0.05) is 23.2 Å². The summed E-state index contributed by atoms with van der Waals surface area (Å²) in [6, 6.07) is 7.87. The third-order valence-electron chi connectivity index (χ3n) is 3.21. The van der Waals surface area contributed by atoms with Gasteiger partial charge in [0.1, 0.15) is 6.54 Å². The fourth-order valence-electron chi connectivity index (χ4n) is 1.92. The number of guanidine groups is 1. The lowest BCUT2D eigenvalue weighted by atomic mass is 10.2. The lowest BCUT2D eigenvalue weighted by Gasteiger charge is -2.08. The Hall–Kier alpha value is -1.35. The van der Waals surface area contributed by atoms with Gasteiger partial charge in [-0.1, -0.05) is 16.8 Å². The summed E-state index contributed by atoms with van der Waals surface area (Å²) in [6.07, 6.45) is 2.40. The third kappa shape index (κ3) is 5.35. The van der Waals surface area contributed by atoms with Crippen LogP contribution in [0.2, 0.25) is 5.02 Å². The monoisotopic (exact) mass is 447 g/mol. The van der Waals surface area contributed by atoms with Crippen LogP contribution in [0.3, 0.4) is 0 Å². The Labute approximate surface area is 157 Å². The topological polar surface area (TPSA) is 75.3 Å². The van der Waals surface area contributed by atoms with Crippen molar-refractivity contribution in [3.8, 4) is 11.4 Å². The first-order chi connectivity index (χ1) is 10.7. The zero-order valence-corrected chi connectivity index (χ0v) is 15.8. The SMILES string of the molecule is CCNC(=NCc1nc(-c2ccc(Cl)cc2)no1)NC1CC1.I. The van der Waals surface area contributed by atoms with Crippen molar-refractivity contribution in [3.63, 3.8) is 0 Å². The van der Waals surface area contributed by atoms with Gasteiger partial charge in [0.15, 0.2) is 5.96 Å². The Kier molecular flexibility index (Phi) is 6.64. The Morgan fingerprint density at radius 1 is 1.35 bits per heavy atom. The molecule has 0 atom stereocenters. The number of rotatable bonds is 5. The number of nitrogens with zero attached hydrogens (tertiary/aromatic N) is 3. The van der Waals surface area contributed by atoms with Crippen molar-refractivity contribution in [2.75, 3.05) is 6.54 Å². The van der Waals surface area contributed by atoms with Crippen LogP contribution in [0.1, 0.15) is 25.7 Å². The minimum Gasteiger partial charge on any atom is -0.357 e. The molecule has 0 bridgehead atoms. The van der Waals surface area contributed by atoms with E-state index in [0.717, 1.165) is 18.1 Å². The van der Waals surface area contributed by atoms with Gasteiger partial charge in [-0.25, -0.2) is 4.99 Å². The molecule has 0 amide bonds. The molecule has 0 saturated heterocycles. The van der Waals surface area contributed by atoms with Crippen LogP contribution < -0.4 is 10.6 Å². The van der Waals surface area contributed by atoms with E-state index in [9.17, 15) is 0 Å². The van der Waals surface area contributed by atoms with E-state index in [1.165, 1.54) is 12.8 Å². The van der Waals surface area contributed by atoms with Crippen molar-refractivity contribution in [2.24, 2.45) is 4.99 Å². The maximum atomic E-state index is 5.87. The first-order valence-electron chi connectivity index (χ1n) is 7.38. The zero-order chi connectivity index (χ0) is 15.4. The summed E-state index contributed by atoms with van der Waals surface area (Å²) < 4.78 is 5.24. The van der Waals surface area contributed by atoms with Gasteiger partial charge in [0.2, 0.25) is 11.7 Å². The van der Waals surface area contributed by atoms with Gasteiger partial charge < -0.3 is 15.2 Å². The fourth-order valence-corrected chi connectivity index (χ4v) is 2.05. The van der Waals surface area contributed by atoms with E-state index >= 15 is 0 Å². The molecule has 6 nitrogen and oxygen atoms in total. The molecule has 1 aliphatic carbocycles. The summed E-state index contributed by atoms with van der Waals surface area (Å²) in [5.74, 6) is 1.82. The summed E-state index contributed by atoms with van der Waals surface area (Å²) in [5.41, 5.74) is 0.867. The third-order valence-corrected chi connectivity index (χ3v) is 3.46. The second-order valence-electron chi connectivity index (χ2n) is 5.13. The van der Waals surface area contributed by atoms with Gasteiger partial charge in [-0.05, 0) is 44.0 Å². The highest BCUT2D eigenvalue weighted by Gasteiger charge is 2.22. The molecule has 23 heavy (non-hydrogen) atoms. The molecule has 1 heterocycles. The number of benzene rings is 1. The Morgan fingerprint density at radius 3 is 2.74 bits per heavy atom. The Morgan fingerprint density at radius 2 is 2.09 bits per heavy atom. The molecule has 1 fully saturated rings. The second-order valence-corrected chi connectivity index (χ2v) is 5.57. The van der Waals surface area contributed by atoms with Crippen LogP contribution >= 0.6 is 35.6 Å². The largest absolute Gasteiger partial charge is 0.357 e. The van der Waals surface area contributed by atoms with E-state index in [1.807, 2.05) is 19.1 Å². The van der Waals surface area contributed by atoms with Crippen LogP contribution in [-0.4, -0.2) is 28.7 Å². The molecule has 2 aromatic rings. The van der Waals surface area contributed by atoms with E-state index < -0.39 is 0 Å². The number of aliphatic imine (C=N–C) groups is 1. The lowest BCUT2D eigenvalue weighted by molar-refractivity contribution is 0.380. The van der Waals surface area contributed by atoms with Crippen LogP contribution in [0.5, 0.6) is 0 Å². The minimum atomic E-state index is 0. The molecule has 2 N–H and O–H groups in total. The quantitative estimate of drug-likeness (QED) is 0.418. The molecule has 1 aromatic carbocycles. The number of aromatic nitrogens is 2. The number of hydrogen-bond acceptors (Lipinski definition) is 4.